The molecule has 1 aromatic heterocycles. The van der Waals surface area contributed by atoms with E-state index >= 15 is 0 Å². The van der Waals surface area contributed by atoms with E-state index in [1.54, 1.807) is 6.33 Å². The zero-order valence-corrected chi connectivity index (χ0v) is 15.7. The molecular weight excluding hydrogens is 312 g/mol. The van der Waals surface area contributed by atoms with Crippen molar-refractivity contribution in [1.29, 1.82) is 0 Å². The van der Waals surface area contributed by atoms with E-state index in [9.17, 15) is 4.79 Å². The molecule has 25 heavy (non-hydrogen) atoms. The average molecular weight is 345 g/mol. The summed E-state index contributed by atoms with van der Waals surface area (Å²) in [5.41, 5.74) is 0.702. The molecule has 1 amide bonds. The maximum atomic E-state index is 12.9. The molecule has 1 atom stereocenters. The normalized spacial score (nSPS) is 31.8. The lowest BCUT2D eigenvalue weighted by molar-refractivity contribution is -0.0562. The Kier molecular flexibility index (Phi) is 4.61. The van der Waals surface area contributed by atoms with Gasteiger partial charge < -0.3 is 9.88 Å². The highest BCUT2D eigenvalue weighted by Gasteiger charge is 2.52. The monoisotopic (exact) mass is 344 g/mol. The zero-order valence-electron chi connectivity index (χ0n) is 15.7. The molecule has 0 radical (unpaired) electrons. The van der Waals surface area contributed by atoms with Crippen LogP contribution in [0.5, 0.6) is 0 Å². The lowest BCUT2D eigenvalue weighted by Crippen LogP contribution is -2.68. The van der Waals surface area contributed by atoms with Crippen molar-refractivity contribution in [3.05, 3.63) is 18.2 Å². The second kappa shape index (κ2) is 6.75. The van der Waals surface area contributed by atoms with E-state index in [0.717, 1.165) is 5.92 Å². The van der Waals surface area contributed by atoms with Gasteiger partial charge in [-0.25, -0.2) is 4.98 Å². The van der Waals surface area contributed by atoms with E-state index in [-0.39, 0.29) is 17.5 Å². The van der Waals surface area contributed by atoms with Gasteiger partial charge in [0.2, 0.25) is 0 Å². The van der Waals surface area contributed by atoms with Gasteiger partial charge in [0, 0.05) is 25.3 Å². The van der Waals surface area contributed by atoms with Crippen molar-refractivity contribution in [2.45, 2.75) is 69.4 Å². The number of hydrogen-bond acceptors (Lipinski definition) is 3. The smallest absolute Gasteiger partial charge is 0.271 e. The van der Waals surface area contributed by atoms with Crippen molar-refractivity contribution in [3.8, 4) is 0 Å². The summed E-state index contributed by atoms with van der Waals surface area (Å²) in [6.45, 7) is 1.20. The van der Waals surface area contributed by atoms with Crippen LogP contribution >= 0.6 is 0 Å². The number of aromatic nitrogens is 2. The SMILES string of the molecule is CN1CC2CCC1([C@H](NC(=O)c1cn(C)cn1)C1CCCCC1)CC2. The Morgan fingerprint density at radius 1 is 1.20 bits per heavy atom. The van der Waals surface area contributed by atoms with Crippen molar-refractivity contribution in [3.63, 3.8) is 0 Å². The first-order valence-corrected chi connectivity index (χ1v) is 10.1. The molecule has 0 spiro atoms. The quantitative estimate of drug-likeness (QED) is 0.913. The molecule has 1 N–H and O–H groups in total. The van der Waals surface area contributed by atoms with Gasteiger partial charge in [-0.15, -0.1) is 0 Å². The third-order valence-corrected chi connectivity index (χ3v) is 7.19. The second-order valence-corrected chi connectivity index (χ2v) is 8.70. The molecule has 4 fully saturated rings. The third-order valence-electron chi connectivity index (χ3n) is 7.19. The number of carbonyl (C=O) groups is 1. The Morgan fingerprint density at radius 3 is 2.52 bits per heavy atom. The number of rotatable bonds is 4. The first-order chi connectivity index (χ1) is 12.1. The van der Waals surface area contributed by atoms with Crippen LogP contribution in [0.2, 0.25) is 0 Å². The van der Waals surface area contributed by atoms with Crippen LogP contribution in [0.25, 0.3) is 0 Å². The minimum atomic E-state index is 0.00615. The number of nitrogens with one attached hydrogen (secondary N) is 1. The lowest BCUT2D eigenvalue weighted by atomic mass is 9.63. The van der Waals surface area contributed by atoms with Gasteiger partial charge in [0.1, 0.15) is 5.69 Å². The molecule has 2 saturated heterocycles. The van der Waals surface area contributed by atoms with E-state index in [1.807, 2.05) is 17.8 Å². The van der Waals surface area contributed by atoms with Gasteiger partial charge in [0.05, 0.1) is 12.4 Å². The molecule has 2 saturated carbocycles. The van der Waals surface area contributed by atoms with E-state index in [4.69, 9.17) is 0 Å². The molecule has 2 aliphatic carbocycles. The predicted octanol–water partition coefficient (Wildman–Crippen LogP) is 2.97. The second-order valence-electron chi connectivity index (χ2n) is 8.70. The molecule has 5 nitrogen and oxygen atoms in total. The predicted molar refractivity (Wildman–Crippen MR) is 98.4 cm³/mol. The molecule has 1 aromatic rings. The summed E-state index contributed by atoms with van der Waals surface area (Å²) in [5, 5.41) is 3.48. The van der Waals surface area contributed by atoms with Crippen LogP contribution < -0.4 is 5.32 Å². The maximum Gasteiger partial charge on any atom is 0.271 e. The summed E-state index contributed by atoms with van der Waals surface area (Å²) >= 11 is 0. The number of nitrogens with zero attached hydrogens (tertiary/aromatic N) is 3. The molecule has 0 aromatic carbocycles. The molecule has 3 heterocycles. The van der Waals surface area contributed by atoms with Crippen molar-refractivity contribution < 1.29 is 4.79 Å². The van der Waals surface area contributed by atoms with Gasteiger partial charge in [-0.3, -0.25) is 9.69 Å². The number of piperidine rings is 2. The number of imidazole rings is 1. The number of amides is 1. The van der Waals surface area contributed by atoms with E-state index in [2.05, 4.69) is 22.2 Å². The molecule has 5 rings (SSSR count). The standard InChI is InChI=1S/C20H32N4O/c1-23-13-17(21-14-23)19(25)22-18(16-6-4-3-5-7-16)20-10-8-15(9-11-20)12-24(20)2/h13-16,18H,3-12H2,1-2H3,(H,22,25)/t15?,18-,20?/m1/s1. The number of likely N-dealkylation sites (N-methyl/N-ethyl adjacent to an activating group) is 1. The van der Waals surface area contributed by atoms with Gasteiger partial charge in [-0.05, 0) is 57.4 Å². The largest absolute Gasteiger partial charge is 0.346 e. The highest BCUT2D eigenvalue weighted by Crippen LogP contribution is 2.47. The average Bonchev–Trinajstić information content (AvgIpc) is 3.08. The fraction of sp³-hybridized carbons (Fsp3) is 0.800. The van der Waals surface area contributed by atoms with E-state index < -0.39 is 0 Å². The molecule has 5 heteroatoms. The van der Waals surface area contributed by atoms with Crippen LogP contribution in [0.3, 0.4) is 0 Å². The molecule has 4 aliphatic rings. The van der Waals surface area contributed by atoms with Crippen LogP contribution in [-0.2, 0) is 7.05 Å². The highest BCUT2D eigenvalue weighted by atomic mass is 16.2. The number of hydrogen-bond donors (Lipinski definition) is 1. The molecular formula is C20H32N4O. The Bertz CT molecular complexity index is 611. The lowest BCUT2D eigenvalue weighted by Gasteiger charge is -2.58. The van der Waals surface area contributed by atoms with Gasteiger partial charge in [-0.1, -0.05) is 19.3 Å². The van der Waals surface area contributed by atoms with Crippen molar-refractivity contribution in [2.75, 3.05) is 13.6 Å². The summed E-state index contributed by atoms with van der Waals surface area (Å²) in [6, 6.07) is 0.258. The van der Waals surface area contributed by atoms with E-state index in [1.165, 1.54) is 64.3 Å². The number of carbonyl (C=O) groups excluding carboxylic acids is 1. The zero-order chi connectivity index (χ0) is 17.4. The maximum absolute atomic E-state index is 12.9. The summed E-state index contributed by atoms with van der Waals surface area (Å²) in [6.07, 6.45) is 15.1. The van der Waals surface area contributed by atoms with Gasteiger partial charge in [-0.2, -0.15) is 0 Å². The van der Waals surface area contributed by atoms with Gasteiger partial charge in [0.25, 0.3) is 5.91 Å². The molecule has 2 bridgehead atoms. The van der Waals surface area contributed by atoms with Crippen LogP contribution in [0.15, 0.2) is 12.5 Å². The van der Waals surface area contributed by atoms with Crippen LogP contribution in [0.1, 0.15) is 68.3 Å². The summed E-state index contributed by atoms with van der Waals surface area (Å²) in [7, 11) is 4.20. The summed E-state index contributed by atoms with van der Waals surface area (Å²) in [4.78, 5) is 19.8. The molecule has 2 aliphatic heterocycles. The Hall–Kier alpha value is -1.36. The van der Waals surface area contributed by atoms with Crippen LogP contribution in [-0.4, -0.2) is 45.5 Å². The van der Waals surface area contributed by atoms with Crippen molar-refractivity contribution in [2.24, 2.45) is 18.9 Å². The molecule has 138 valence electrons. The third kappa shape index (κ3) is 3.12. The van der Waals surface area contributed by atoms with Crippen LogP contribution in [0, 0.1) is 11.8 Å². The van der Waals surface area contributed by atoms with E-state index in [0.29, 0.717) is 11.6 Å². The van der Waals surface area contributed by atoms with Gasteiger partial charge in [0.15, 0.2) is 0 Å². The first kappa shape index (κ1) is 17.1. The fourth-order valence-corrected chi connectivity index (χ4v) is 5.76. The minimum absolute atomic E-state index is 0.00615. The highest BCUT2D eigenvalue weighted by molar-refractivity contribution is 5.92. The van der Waals surface area contributed by atoms with Crippen molar-refractivity contribution >= 4 is 5.91 Å². The minimum Gasteiger partial charge on any atom is -0.346 e. The van der Waals surface area contributed by atoms with Crippen LogP contribution in [0.4, 0.5) is 0 Å². The summed E-state index contributed by atoms with van der Waals surface area (Å²) < 4.78 is 1.85. The number of aryl methyl sites for hydroxylation is 1. The Balaban J connectivity index is 1.60. The fourth-order valence-electron chi connectivity index (χ4n) is 5.76. The Morgan fingerprint density at radius 2 is 1.92 bits per heavy atom. The Labute approximate surface area is 151 Å². The van der Waals surface area contributed by atoms with Gasteiger partial charge >= 0.3 is 0 Å². The topological polar surface area (TPSA) is 50.2 Å². The van der Waals surface area contributed by atoms with Crippen molar-refractivity contribution in [1.82, 2.24) is 19.8 Å². The first-order valence-electron chi connectivity index (χ1n) is 10.1. The molecule has 0 unspecified atom stereocenters. The number of fused-ring (bicyclic) bond motifs is 3. The summed E-state index contributed by atoms with van der Waals surface area (Å²) in [5.74, 6) is 1.48.